The maximum Gasteiger partial charge on any atom is 0.328 e. The van der Waals surface area contributed by atoms with Crippen LogP contribution in [0.5, 0.6) is 0 Å². The first-order valence-electron chi connectivity index (χ1n) is 7.38. The van der Waals surface area contributed by atoms with E-state index < -0.39 is 12.0 Å². The number of nitrogens with one attached hydrogen (secondary N) is 1. The Bertz CT molecular complexity index is 554. The first-order valence-corrected chi connectivity index (χ1v) is 7.38. The van der Waals surface area contributed by atoms with Crippen molar-refractivity contribution in [2.24, 2.45) is 5.92 Å². The van der Waals surface area contributed by atoms with E-state index in [0.29, 0.717) is 6.42 Å². The molecule has 1 aliphatic carbocycles. The Morgan fingerprint density at radius 2 is 2.05 bits per heavy atom. The van der Waals surface area contributed by atoms with Crippen molar-refractivity contribution in [1.29, 1.82) is 0 Å². The first-order chi connectivity index (χ1) is 10.6. The summed E-state index contributed by atoms with van der Waals surface area (Å²) in [5, 5.41) is 2.76. The number of methoxy groups -OCH3 is 1. The summed E-state index contributed by atoms with van der Waals surface area (Å²) < 4.78 is 17.7. The summed E-state index contributed by atoms with van der Waals surface area (Å²) >= 11 is 0. The monoisotopic (exact) mass is 305 g/mol. The van der Waals surface area contributed by atoms with Crippen LogP contribution in [0.1, 0.15) is 24.8 Å². The fraction of sp³-hybridized carbons (Fsp3) is 0.412. The smallest absolute Gasteiger partial charge is 0.328 e. The van der Waals surface area contributed by atoms with Gasteiger partial charge in [-0.25, -0.2) is 9.18 Å². The van der Waals surface area contributed by atoms with Crippen LogP contribution in [-0.4, -0.2) is 25.0 Å². The summed E-state index contributed by atoms with van der Waals surface area (Å²) in [5.41, 5.74) is 0.764. The van der Waals surface area contributed by atoms with Gasteiger partial charge in [0.1, 0.15) is 11.9 Å². The minimum absolute atomic E-state index is 0.106. The van der Waals surface area contributed by atoms with Crippen LogP contribution in [0.3, 0.4) is 0 Å². The van der Waals surface area contributed by atoms with Crippen molar-refractivity contribution in [3.8, 4) is 0 Å². The van der Waals surface area contributed by atoms with Gasteiger partial charge >= 0.3 is 5.97 Å². The molecule has 22 heavy (non-hydrogen) atoms. The highest BCUT2D eigenvalue weighted by Crippen LogP contribution is 2.18. The molecule has 0 spiro atoms. The van der Waals surface area contributed by atoms with Crippen molar-refractivity contribution < 1.29 is 18.7 Å². The van der Waals surface area contributed by atoms with E-state index in [1.54, 1.807) is 12.1 Å². The maximum absolute atomic E-state index is 12.9. The molecule has 2 rings (SSSR count). The molecule has 0 heterocycles. The molecule has 1 aromatic carbocycles. The third-order valence-corrected chi connectivity index (χ3v) is 3.80. The van der Waals surface area contributed by atoms with Gasteiger partial charge in [-0.1, -0.05) is 24.3 Å². The lowest BCUT2D eigenvalue weighted by molar-refractivity contribution is -0.145. The largest absolute Gasteiger partial charge is 0.467 e. The third kappa shape index (κ3) is 4.41. The van der Waals surface area contributed by atoms with E-state index in [9.17, 15) is 14.0 Å². The topological polar surface area (TPSA) is 55.4 Å². The molecule has 1 amide bonds. The van der Waals surface area contributed by atoms with Crippen LogP contribution in [-0.2, 0) is 20.7 Å². The first kappa shape index (κ1) is 16.2. The summed E-state index contributed by atoms with van der Waals surface area (Å²) in [6.45, 7) is 0. The summed E-state index contributed by atoms with van der Waals surface area (Å²) in [7, 11) is 1.29. The summed E-state index contributed by atoms with van der Waals surface area (Å²) in [5.74, 6) is -1.08. The van der Waals surface area contributed by atoms with Crippen molar-refractivity contribution in [2.75, 3.05) is 7.11 Å². The Kier molecular flexibility index (Phi) is 5.69. The maximum atomic E-state index is 12.9. The lowest BCUT2D eigenvalue weighted by Crippen LogP contribution is -2.45. The zero-order valence-corrected chi connectivity index (χ0v) is 12.5. The number of benzene rings is 1. The zero-order valence-electron chi connectivity index (χ0n) is 12.5. The minimum Gasteiger partial charge on any atom is -0.467 e. The van der Waals surface area contributed by atoms with Crippen molar-refractivity contribution in [3.63, 3.8) is 0 Å². The Morgan fingerprint density at radius 1 is 1.32 bits per heavy atom. The van der Waals surface area contributed by atoms with Crippen LogP contribution in [0, 0.1) is 11.7 Å². The quantitative estimate of drug-likeness (QED) is 0.671. The predicted molar refractivity (Wildman–Crippen MR) is 80.5 cm³/mol. The third-order valence-electron chi connectivity index (χ3n) is 3.80. The minimum atomic E-state index is -0.756. The fourth-order valence-corrected chi connectivity index (χ4v) is 2.51. The van der Waals surface area contributed by atoms with E-state index in [1.165, 1.54) is 19.2 Å². The second kappa shape index (κ2) is 7.73. The van der Waals surface area contributed by atoms with Crippen molar-refractivity contribution in [3.05, 3.63) is 47.8 Å². The number of amides is 1. The van der Waals surface area contributed by atoms with Gasteiger partial charge < -0.3 is 10.1 Å². The van der Waals surface area contributed by atoms with E-state index in [4.69, 9.17) is 4.74 Å². The molecule has 1 aliphatic rings. The van der Waals surface area contributed by atoms with Gasteiger partial charge in [0.05, 0.1) is 7.11 Å². The Hall–Kier alpha value is -2.17. The van der Waals surface area contributed by atoms with Gasteiger partial charge in [-0.3, -0.25) is 4.79 Å². The molecule has 118 valence electrons. The Morgan fingerprint density at radius 3 is 2.64 bits per heavy atom. The molecule has 0 fully saturated rings. The number of rotatable bonds is 5. The fourth-order valence-electron chi connectivity index (χ4n) is 2.51. The molecule has 0 saturated carbocycles. The van der Waals surface area contributed by atoms with Crippen molar-refractivity contribution >= 4 is 11.9 Å². The average Bonchev–Trinajstić information content (AvgIpc) is 2.56. The molecule has 0 unspecified atom stereocenters. The van der Waals surface area contributed by atoms with Gasteiger partial charge in [-0.2, -0.15) is 0 Å². The summed E-state index contributed by atoms with van der Waals surface area (Å²) in [4.78, 5) is 24.1. The van der Waals surface area contributed by atoms with Crippen molar-refractivity contribution in [2.45, 2.75) is 31.7 Å². The molecule has 1 aromatic rings. The predicted octanol–water partition coefficient (Wildman–Crippen LogP) is 2.38. The SMILES string of the molecule is COC(=O)[C@H](Cc1ccc(F)cc1)NC(=O)[C@H]1CC=CCC1. The molecular formula is C17H20FNO3. The van der Waals surface area contributed by atoms with Gasteiger partial charge in [-0.05, 0) is 37.0 Å². The zero-order chi connectivity index (χ0) is 15.9. The van der Waals surface area contributed by atoms with E-state index in [2.05, 4.69) is 11.4 Å². The molecule has 0 aliphatic heterocycles. The van der Waals surface area contributed by atoms with E-state index in [1.807, 2.05) is 6.08 Å². The van der Waals surface area contributed by atoms with Gasteiger partial charge in [0, 0.05) is 12.3 Å². The molecule has 4 nitrogen and oxygen atoms in total. The molecule has 0 radical (unpaired) electrons. The van der Waals surface area contributed by atoms with Crippen molar-refractivity contribution in [1.82, 2.24) is 5.32 Å². The lowest BCUT2D eigenvalue weighted by Gasteiger charge is -2.22. The van der Waals surface area contributed by atoms with E-state index in [-0.39, 0.29) is 24.1 Å². The molecule has 5 heteroatoms. The second-order valence-corrected chi connectivity index (χ2v) is 5.40. The molecule has 0 aromatic heterocycles. The number of halogens is 1. The number of allylic oxidation sites excluding steroid dienone is 2. The number of ether oxygens (including phenoxy) is 1. The number of esters is 1. The lowest BCUT2D eigenvalue weighted by atomic mass is 9.93. The second-order valence-electron chi connectivity index (χ2n) is 5.40. The highest BCUT2D eigenvalue weighted by Gasteiger charge is 2.26. The van der Waals surface area contributed by atoms with Crippen LogP contribution in [0.4, 0.5) is 4.39 Å². The number of hydrogen-bond donors (Lipinski definition) is 1. The molecule has 0 saturated heterocycles. The number of hydrogen-bond acceptors (Lipinski definition) is 3. The molecule has 1 N–H and O–H groups in total. The van der Waals surface area contributed by atoms with Gasteiger partial charge in [0.2, 0.25) is 5.91 Å². The summed E-state index contributed by atoms with van der Waals surface area (Å²) in [6, 6.07) is 5.10. The van der Waals surface area contributed by atoms with Crippen LogP contribution < -0.4 is 5.32 Å². The van der Waals surface area contributed by atoms with Crippen LogP contribution in [0.15, 0.2) is 36.4 Å². The van der Waals surface area contributed by atoms with Gasteiger partial charge in [0.25, 0.3) is 0 Å². The van der Waals surface area contributed by atoms with Crippen LogP contribution in [0.2, 0.25) is 0 Å². The normalized spacial score (nSPS) is 18.5. The highest BCUT2D eigenvalue weighted by molar-refractivity contribution is 5.86. The van der Waals surface area contributed by atoms with Crippen LogP contribution in [0.25, 0.3) is 0 Å². The Labute approximate surface area is 129 Å². The number of carbonyl (C=O) groups excluding carboxylic acids is 2. The molecular weight excluding hydrogens is 285 g/mol. The van der Waals surface area contributed by atoms with E-state index >= 15 is 0 Å². The number of carbonyl (C=O) groups is 2. The van der Waals surface area contributed by atoms with Gasteiger partial charge in [-0.15, -0.1) is 0 Å². The molecule has 0 bridgehead atoms. The summed E-state index contributed by atoms with van der Waals surface area (Å²) in [6.07, 6.45) is 6.67. The Balaban J connectivity index is 2.02. The highest BCUT2D eigenvalue weighted by atomic mass is 19.1. The van der Waals surface area contributed by atoms with Gasteiger partial charge in [0.15, 0.2) is 0 Å². The van der Waals surface area contributed by atoms with E-state index in [0.717, 1.165) is 18.4 Å². The standard InChI is InChI=1S/C17H20FNO3/c1-22-17(21)15(11-12-7-9-14(18)10-8-12)19-16(20)13-5-3-2-4-6-13/h2-3,7-10,13,15H,4-6,11H2,1H3,(H,19,20)/t13-,15-/m0/s1. The molecule has 2 atom stereocenters. The van der Waals surface area contributed by atoms with Crippen LogP contribution >= 0.6 is 0 Å². The average molecular weight is 305 g/mol.